The van der Waals surface area contributed by atoms with Gasteiger partial charge in [0.1, 0.15) is 23.3 Å². The Hall–Kier alpha value is -2.25. The average molecular weight is 404 g/mol. The Morgan fingerprint density at radius 3 is 2.15 bits per heavy atom. The maximum atomic E-state index is 14.2. The van der Waals surface area contributed by atoms with E-state index in [-0.39, 0.29) is 22.6 Å². The highest BCUT2D eigenvalue weighted by Crippen LogP contribution is 2.40. The minimum absolute atomic E-state index is 0.0648. The van der Waals surface area contributed by atoms with Gasteiger partial charge in [0, 0.05) is 13.1 Å². The number of aryl methyl sites for hydroxylation is 2. The lowest BCUT2D eigenvalue weighted by Crippen LogP contribution is -2.04. The molecule has 3 nitrogen and oxygen atoms in total. The van der Waals surface area contributed by atoms with Gasteiger partial charge in [0.2, 0.25) is 0 Å². The molecule has 1 N–H and O–H groups in total. The molecular formula is C17H11Cl2F4N3. The molecule has 0 saturated carbocycles. The summed E-state index contributed by atoms with van der Waals surface area (Å²) in [5.41, 5.74) is -0.285. The summed E-state index contributed by atoms with van der Waals surface area (Å²) in [7, 11) is 1.49. The monoisotopic (exact) mass is 403 g/mol. The molecule has 0 aliphatic carbocycles. The summed E-state index contributed by atoms with van der Waals surface area (Å²) in [6.45, 7) is 1.54. The molecule has 26 heavy (non-hydrogen) atoms. The molecule has 0 saturated heterocycles. The summed E-state index contributed by atoms with van der Waals surface area (Å²) in [5.74, 6) is -3.60. The van der Waals surface area contributed by atoms with Gasteiger partial charge in [0.25, 0.3) is 0 Å². The minimum atomic E-state index is -1.03. The van der Waals surface area contributed by atoms with Crippen molar-refractivity contribution in [3.63, 3.8) is 0 Å². The van der Waals surface area contributed by atoms with E-state index in [9.17, 15) is 17.6 Å². The second-order valence-electron chi connectivity index (χ2n) is 5.50. The molecule has 0 aliphatic heterocycles. The topological polar surface area (TPSA) is 29.9 Å². The fourth-order valence-corrected chi connectivity index (χ4v) is 3.01. The van der Waals surface area contributed by atoms with Crippen molar-refractivity contribution in [3.8, 4) is 11.1 Å². The van der Waals surface area contributed by atoms with Crippen LogP contribution in [0.2, 0.25) is 10.0 Å². The van der Waals surface area contributed by atoms with Crippen LogP contribution in [0.3, 0.4) is 0 Å². The fraction of sp³-hybridized carbons (Fsp3) is 0.118. The van der Waals surface area contributed by atoms with Gasteiger partial charge in [0.05, 0.1) is 32.6 Å². The highest BCUT2D eigenvalue weighted by Gasteiger charge is 2.24. The van der Waals surface area contributed by atoms with Crippen molar-refractivity contribution < 1.29 is 17.6 Å². The molecule has 9 heteroatoms. The Morgan fingerprint density at radius 2 is 1.54 bits per heavy atom. The summed E-state index contributed by atoms with van der Waals surface area (Å²) in [5, 5.41) is 5.86. The predicted octanol–water partition coefficient (Wildman–Crippen LogP) is 6.00. The van der Waals surface area contributed by atoms with Crippen molar-refractivity contribution in [1.82, 2.24) is 9.78 Å². The SMILES string of the molecule is Cc1nn(C)c(Nc2c(F)cc(F)c(Cl)c2Cl)c1-c1c(F)cccc1F. The minimum Gasteiger partial charge on any atom is -0.336 e. The zero-order valence-electron chi connectivity index (χ0n) is 13.5. The van der Waals surface area contributed by atoms with Gasteiger partial charge in [-0.25, -0.2) is 17.6 Å². The smallest absolute Gasteiger partial charge is 0.151 e. The Balaban J connectivity index is 2.22. The van der Waals surface area contributed by atoms with Crippen molar-refractivity contribution in [3.05, 3.63) is 63.3 Å². The van der Waals surface area contributed by atoms with Crippen LogP contribution in [-0.2, 0) is 7.05 Å². The van der Waals surface area contributed by atoms with Gasteiger partial charge in [-0.05, 0) is 19.1 Å². The zero-order chi connectivity index (χ0) is 19.2. The highest BCUT2D eigenvalue weighted by molar-refractivity contribution is 6.43. The van der Waals surface area contributed by atoms with E-state index in [4.69, 9.17) is 23.2 Å². The molecule has 1 heterocycles. The normalized spacial score (nSPS) is 11.1. The van der Waals surface area contributed by atoms with Gasteiger partial charge >= 0.3 is 0 Å². The van der Waals surface area contributed by atoms with E-state index < -0.39 is 33.3 Å². The number of nitrogens with zero attached hydrogens (tertiary/aromatic N) is 2. The Kier molecular flexibility index (Phi) is 4.86. The first-order chi connectivity index (χ1) is 12.2. The molecule has 0 bridgehead atoms. The van der Waals surface area contributed by atoms with Gasteiger partial charge in [-0.1, -0.05) is 29.3 Å². The third kappa shape index (κ3) is 3.01. The third-order valence-electron chi connectivity index (χ3n) is 3.79. The molecule has 0 spiro atoms. The van der Waals surface area contributed by atoms with E-state index >= 15 is 0 Å². The van der Waals surface area contributed by atoms with E-state index in [1.165, 1.54) is 17.8 Å². The van der Waals surface area contributed by atoms with Gasteiger partial charge < -0.3 is 5.32 Å². The van der Waals surface area contributed by atoms with Crippen LogP contribution in [-0.4, -0.2) is 9.78 Å². The molecule has 0 fully saturated rings. The van der Waals surface area contributed by atoms with E-state index in [1.807, 2.05) is 0 Å². The number of aromatic nitrogens is 2. The first-order valence-corrected chi connectivity index (χ1v) is 8.06. The number of hydrogen-bond donors (Lipinski definition) is 1. The molecule has 2 aromatic carbocycles. The Labute approximate surface area is 156 Å². The zero-order valence-corrected chi connectivity index (χ0v) is 15.0. The summed E-state index contributed by atoms with van der Waals surface area (Å²) < 4.78 is 57.4. The van der Waals surface area contributed by atoms with Crippen molar-refractivity contribution >= 4 is 34.7 Å². The quantitative estimate of drug-likeness (QED) is 0.330. The van der Waals surface area contributed by atoms with E-state index in [1.54, 1.807) is 6.92 Å². The number of halogens is 6. The Morgan fingerprint density at radius 1 is 0.923 bits per heavy atom. The maximum Gasteiger partial charge on any atom is 0.151 e. The maximum absolute atomic E-state index is 14.2. The Bertz CT molecular complexity index is 998. The molecule has 0 atom stereocenters. The first kappa shape index (κ1) is 18.5. The molecule has 0 aliphatic rings. The lowest BCUT2D eigenvalue weighted by atomic mass is 10.0. The molecule has 3 rings (SSSR count). The van der Waals surface area contributed by atoms with Crippen LogP contribution in [0.1, 0.15) is 5.69 Å². The lowest BCUT2D eigenvalue weighted by Gasteiger charge is -2.14. The molecule has 3 aromatic rings. The van der Waals surface area contributed by atoms with Crippen LogP contribution < -0.4 is 5.32 Å². The molecule has 0 radical (unpaired) electrons. The summed E-state index contributed by atoms with van der Waals surface area (Å²) in [4.78, 5) is 0. The van der Waals surface area contributed by atoms with E-state index in [0.717, 1.165) is 12.1 Å². The largest absolute Gasteiger partial charge is 0.336 e. The summed E-state index contributed by atoms with van der Waals surface area (Å²) in [6.07, 6.45) is 0. The standard InChI is InChI=1S/C17H11Cl2F4N3/c1-7-12(13-8(20)4-3-5-9(13)21)17(26(2)25-7)24-16-11(23)6-10(22)14(18)15(16)19/h3-6,24H,1-2H3. The number of hydrogen-bond acceptors (Lipinski definition) is 2. The number of rotatable bonds is 3. The summed E-state index contributed by atoms with van der Waals surface area (Å²) in [6, 6.07) is 3.97. The predicted molar refractivity (Wildman–Crippen MR) is 93.0 cm³/mol. The molecule has 0 unspecified atom stereocenters. The van der Waals surface area contributed by atoms with E-state index in [2.05, 4.69) is 10.4 Å². The van der Waals surface area contributed by atoms with Crippen molar-refractivity contribution in [2.75, 3.05) is 5.32 Å². The van der Waals surface area contributed by atoms with Crippen LogP contribution >= 0.6 is 23.2 Å². The van der Waals surface area contributed by atoms with Crippen LogP contribution in [0.15, 0.2) is 24.3 Å². The second-order valence-corrected chi connectivity index (χ2v) is 6.25. The summed E-state index contributed by atoms with van der Waals surface area (Å²) >= 11 is 11.6. The van der Waals surface area contributed by atoms with Crippen molar-refractivity contribution in [2.24, 2.45) is 7.05 Å². The highest BCUT2D eigenvalue weighted by atomic mass is 35.5. The molecule has 1 aromatic heterocycles. The molecule has 136 valence electrons. The fourth-order valence-electron chi connectivity index (χ4n) is 2.64. The van der Waals surface area contributed by atoms with Crippen LogP contribution in [0.5, 0.6) is 0 Å². The van der Waals surface area contributed by atoms with Gasteiger partial charge in [-0.2, -0.15) is 5.10 Å². The van der Waals surface area contributed by atoms with Gasteiger partial charge in [0.15, 0.2) is 5.82 Å². The molecular weight excluding hydrogens is 393 g/mol. The van der Waals surface area contributed by atoms with Gasteiger partial charge in [-0.15, -0.1) is 0 Å². The number of benzene rings is 2. The lowest BCUT2D eigenvalue weighted by molar-refractivity contribution is 0.586. The van der Waals surface area contributed by atoms with Crippen molar-refractivity contribution in [1.29, 1.82) is 0 Å². The van der Waals surface area contributed by atoms with Gasteiger partial charge in [-0.3, -0.25) is 4.68 Å². The van der Waals surface area contributed by atoms with Crippen LogP contribution in [0, 0.1) is 30.2 Å². The number of nitrogens with one attached hydrogen (secondary N) is 1. The second kappa shape index (κ2) is 6.81. The van der Waals surface area contributed by atoms with Crippen LogP contribution in [0.4, 0.5) is 29.1 Å². The first-order valence-electron chi connectivity index (χ1n) is 7.30. The van der Waals surface area contributed by atoms with Crippen molar-refractivity contribution in [2.45, 2.75) is 6.92 Å². The van der Waals surface area contributed by atoms with Crippen LogP contribution in [0.25, 0.3) is 11.1 Å². The van der Waals surface area contributed by atoms with E-state index in [0.29, 0.717) is 11.8 Å². The number of anilines is 2. The average Bonchev–Trinajstić information content (AvgIpc) is 2.83. The molecule has 0 amide bonds. The third-order valence-corrected chi connectivity index (χ3v) is 4.64.